The highest BCUT2D eigenvalue weighted by Gasteiger charge is 2.30. The van der Waals surface area contributed by atoms with Crippen molar-refractivity contribution in [2.24, 2.45) is 11.8 Å². The average molecular weight is 224 g/mol. The van der Waals surface area contributed by atoms with Crippen molar-refractivity contribution in [3.63, 3.8) is 0 Å². The first kappa shape index (κ1) is 11.9. The third kappa shape index (κ3) is 3.21. The van der Waals surface area contributed by atoms with E-state index in [1.54, 1.807) is 0 Å². The lowest BCUT2D eigenvalue weighted by Crippen LogP contribution is -2.41. The van der Waals surface area contributed by atoms with Crippen LogP contribution in [0.15, 0.2) is 0 Å². The zero-order chi connectivity index (χ0) is 11.5. The topological polar surface area (TPSA) is 32.3 Å². The Hall–Kier alpha value is -0.570. The predicted molar refractivity (Wildman–Crippen MR) is 65.2 cm³/mol. The number of nitrogens with one attached hydrogen (secondary N) is 1. The van der Waals surface area contributed by atoms with Crippen LogP contribution in [0.25, 0.3) is 0 Å². The third-order valence-corrected chi connectivity index (χ3v) is 3.89. The Labute approximate surface area is 98.6 Å². The fourth-order valence-corrected chi connectivity index (χ4v) is 2.41. The lowest BCUT2D eigenvalue weighted by molar-refractivity contribution is -0.122. The molecule has 1 saturated heterocycles. The molecule has 16 heavy (non-hydrogen) atoms. The molecule has 0 aromatic carbocycles. The number of hydrogen-bond donors (Lipinski definition) is 1. The highest BCUT2D eigenvalue weighted by molar-refractivity contribution is 5.80. The molecule has 0 spiro atoms. The minimum absolute atomic E-state index is 0.297. The second kappa shape index (κ2) is 5.17. The van der Waals surface area contributed by atoms with E-state index in [2.05, 4.69) is 24.1 Å². The number of amides is 1. The van der Waals surface area contributed by atoms with Crippen LogP contribution in [0.2, 0.25) is 0 Å². The molecule has 0 atom stereocenters. The molecule has 2 fully saturated rings. The highest BCUT2D eigenvalue weighted by atomic mass is 16.2. The maximum atomic E-state index is 11.5. The van der Waals surface area contributed by atoms with Gasteiger partial charge in [-0.1, -0.05) is 0 Å². The minimum Gasteiger partial charge on any atom is -0.356 e. The van der Waals surface area contributed by atoms with Gasteiger partial charge in [0.15, 0.2) is 0 Å². The molecule has 0 radical (unpaired) electrons. The summed E-state index contributed by atoms with van der Waals surface area (Å²) in [5, 5.41) is 3.10. The van der Waals surface area contributed by atoms with E-state index in [1.807, 2.05) is 0 Å². The molecule has 0 aromatic heterocycles. The fraction of sp³-hybridized carbons (Fsp3) is 0.923. The minimum atomic E-state index is 0.297. The Morgan fingerprint density at radius 1 is 1.25 bits per heavy atom. The molecule has 1 N–H and O–H groups in total. The smallest absolute Gasteiger partial charge is 0.223 e. The first-order valence-corrected chi connectivity index (χ1v) is 6.68. The van der Waals surface area contributed by atoms with Crippen LogP contribution in [0.4, 0.5) is 0 Å². The Morgan fingerprint density at radius 3 is 2.38 bits per heavy atom. The summed E-state index contributed by atoms with van der Waals surface area (Å²) >= 11 is 0. The Morgan fingerprint density at radius 2 is 1.88 bits per heavy atom. The van der Waals surface area contributed by atoms with Crippen molar-refractivity contribution in [3.05, 3.63) is 0 Å². The van der Waals surface area contributed by atoms with Crippen molar-refractivity contribution in [1.82, 2.24) is 10.2 Å². The summed E-state index contributed by atoms with van der Waals surface area (Å²) in [6.07, 6.45) is 4.70. The van der Waals surface area contributed by atoms with Gasteiger partial charge in [-0.25, -0.2) is 0 Å². The molecule has 2 aliphatic rings. The summed E-state index contributed by atoms with van der Waals surface area (Å²) in [5.74, 6) is 1.36. The zero-order valence-electron chi connectivity index (χ0n) is 10.5. The molecule has 0 bridgehead atoms. The van der Waals surface area contributed by atoms with Gasteiger partial charge in [0.25, 0.3) is 0 Å². The number of piperidine rings is 1. The summed E-state index contributed by atoms with van der Waals surface area (Å²) < 4.78 is 0. The van der Waals surface area contributed by atoms with Crippen LogP contribution in [0.1, 0.15) is 39.5 Å². The van der Waals surface area contributed by atoms with Crippen molar-refractivity contribution in [2.45, 2.75) is 45.6 Å². The summed E-state index contributed by atoms with van der Waals surface area (Å²) in [7, 11) is 0. The van der Waals surface area contributed by atoms with Gasteiger partial charge >= 0.3 is 0 Å². The van der Waals surface area contributed by atoms with Crippen LogP contribution in [0.3, 0.4) is 0 Å². The van der Waals surface area contributed by atoms with Gasteiger partial charge in [-0.3, -0.25) is 4.79 Å². The molecule has 1 heterocycles. The van der Waals surface area contributed by atoms with Crippen molar-refractivity contribution >= 4 is 5.91 Å². The van der Waals surface area contributed by atoms with Crippen LogP contribution in [0.5, 0.6) is 0 Å². The van der Waals surface area contributed by atoms with E-state index in [0.29, 0.717) is 23.8 Å². The molecular formula is C13H24N2O. The largest absolute Gasteiger partial charge is 0.356 e. The number of rotatable bonds is 4. The lowest BCUT2D eigenvalue weighted by Gasteiger charge is -2.34. The quantitative estimate of drug-likeness (QED) is 0.787. The number of carbonyl (C=O) groups excluding carboxylic acids is 1. The second-order valence-corrected chi connectivity index (χ2v) is 5.59. The van der Waals surface area contributed by atoms with E-state index in [9.17, 15) is 4.79 Å². The molecule has 92 valence electrons. The fourth-order valence-electron chi connectivity index (χ4n) is 2.41. The molecule has 2 rings (SSSR count). The van der Waals surface area contributed by atoms with E-state index in [-0.39, 0.29) is 0 Å². The van der Waals surface area contributed by atoms with Crippen molar-refractivity contribution in [2.75, 3.05) is 19.6 Å². The maximum Gasteiger partial charge on any atom is 0.223 e. The van der Waals surface area contributed by atoms with Gasteiger partial charge in [0.1, 0.15) is 0 Å². The Kier molecular flexibility index (Phi) is 3.85. The predicted octanol–water partition coefficient (Wildman–Crippen LogP) is 1.63. The summed E-state index contributed by atoms with van der Waals surface area (Å²) in [6, 6.07) is 0.669. The second-order valence-electron chi connectivity index (χ2n) is 5.59. The van der Waals surface area contributed by atoms with Gasteiger partial charge in [-0.2, -0.15) is 0 Å². The first-order valence-electron chi connectivity index (χ1n) is 6.68. The van der Waals surface area contributed by atoms with Crippen LogP contribution in [0, 0.1) is 11.8 Å². The van der Waals surface area contributed by atoms with Crippen molar-refractivity contribution in [3.8, 4) is 0 Å². The van der Waals surface area contributed by atoms with Crippen LogP contribution >= 0.6 is 0 Å². The number of likely N-dealkylation sites (tertiary alicyclic amines) is 1. The molecule has 1 aliphatic carbocycles. The Balaban J connectivity index is 1.63. The highest BCUT2D eigenvalue weighted by Crippen LogP contribution is 2.29. The molecule has 1 saturated carbocycles. The Bertz CT molecular complexity index is 240. The van der Waals surface area contributed by atoms with E-state index < -0.39 is 0 Å². The molecule has 0 unspecified atom stereocenters. The zero-order valence-corrected chi connectivity index (χ0v) is 10.5. The van der Waals surface area contributed by atoms with Crippen LogP contribution in [-0.2, 0) is 4.79 Å². The van der Waals surface area contributed by atoms with Crippen LogP contribution in [-0.4, -0.2) is 36.5 Å². The van der Waals surface area contributed by atoms with Gasteiger partial charge in [-0.15, -0.1) is 0 Å². The molecule has 1 amide bonds. The third-order valence-electron chi connectivity index (χ3n) is 3.89. The number of nitrogens with zero attached hydrogens (tertiary/aromatic N) is 1. The van der Waals surface area contributed by atoms with Crippen molar-refractivity contribution in [1.29, 1.82) is 0 Å². The number of carbonyl (C=O) groups is 1. The molecule has 1 aliphatic heterocycles. The lowest BCUT2D eigenvalue weighted by atomic mass is 9.96. The normalized spacial score (nSPS) is 23.7. The molecule has 3 heteroatoms. The summed E-state index contributed by atoms with van der Waals surface area (Å²) in [4.78, 5) is 14.0. The maximum absolute atomic E-state index is 11.5. The van der Waals surface area contributed by atoms with E-state index in [1.165, 1.54) is 25.9 Å². The molecular weight excluding hydrogens is 200 g/mol. The van der Waals surface area contributed by atoms with Gasteiger partial charge < -0.3 is 10.2 Å². The van der Waals surface area contributed by atoms with Crippen molar-refractivity contribution < 1.29 is 4.79 Å². The van der Waals surface area contributed by atoms with Gasteiger partial charge in [0, 0.05) is 18.5 Å². The standard InChI is InChI=1S/C13H24N2O/c1-10(2)15-7-5-11(6-8-15)9-14-13(16)12-3-4-12/h10-12H,3-9H2,1-2H3,(H,14,16). The average Bonchev–Trinajstić information content (AvgIpc) is 3.10. The van der Waals surface area contributed by atoms with E-state index in [4.69, 9.17) is 0 Å². The molecule has 3 nitrogen and oxygen atoms in total. The van der Waals surface area contributed by atoms with E-state index in [0.717, 1.165) is 19.4 Å². The first-order chi connectivity index (χ1) is 7.66. The monoisotopic (exact) mass is 224 g/mol. The molecule has 0 aromatic rings. The van der Waals surface area contributed by atoms with Crippen LogP contribution < -0.4 is 5.32 Å². The summed E-state index contributed by atoms with van der Waals surface area (Å²) in [6.45, 7) is 7.81. The number of hydrogen-bond acceptors (Lipinski definition) is 2. The van der Waals surface area contributed by atoms with E-state index >= 15 is 0 Å². The van der Waals surface area contributed by atoms with Gasteiger partial charge in [-0.05, 0) is 58.5 Å². The van der Waals surface area contributed by atoms with Gasteiger partial charge in [0.2, 0.25) is 5.91 Å². The SMILES string of the molecule is CC(C)N1CCC(CNC(=O)C2CC2)CC1. The summed E-state index contributed by atoms with van der Waals surface area (Å²) in [5.41, 5.74) is 0. The van der Waals surface area contributed by atoms with Gasteiger partial charge in [0.05, 0.1) is 0 Å².